The van der Waals surface area contributed by atoms with E-state index in [1.54, 1.807) is 13.8 Å². The van der Waals surface area contributed by atoms with Crippen molar-refractivity contribution in [1.29, 1.82) is 0 Å². The molecule has 1 aliphatic rings. The molecular formula is C4H9NO2S. The first-order chi connectivity index (χ1) is 3.46. The minimum Gasteiger partial charge on any atom is -0.213 e. The molecule has 48 valence electrons. The zero-order valence-corrected chi connectivity index (χ0v) is 5.75. The third kappa shape index (κ3) is 0.563. The van der Waals surface area contributed by atoms with Crippen LogP contribution in [0.25, 0.3) is 0 Å². The van der Waals surface area contributed by atoms with E-state index < -0.39 is 14.8 Å². The molecule has 0 aliphatic carbocycles. The fraction of sp³-hybridized carbons (Fsp3) is 1.00. The second-order valence-electron chi connectivity index (χ2n) is 2.58. The van der Waals surface area contributed by atoms with Gasteiger partial charge in [0.1, 0.15) is 0 Å². The highest BCUT2D eigenvalue weighted by Crippen LogP contribution is 2.21. The summed E-state index contributed by atoms with van der Waals surface area (Å²) in [5.74, 6) is 0. The maximum Gasteiger partial charge on any atom is 0.218 e. The molecule has 1 N–H and O–H groups in total. The summed E-state index contributed by atoms with van der Waals surface area (Å²) >= 11 is 0. The van der Waals surface area contributed by atoms with Crippen molar-refractivity contribution >= 4 is 10.0 Å². The van der Waals surface area contributed by atoms with Crippen LogP contribution >= 0.6 is 0 Å². The van der Waals surface area contributed by atoms with Crippen molar-refractivity contribution in [1.82, 2.24) is 4.72 Å². The molecule has 0 aromatic carbocycles. The monoisotopic (exact) mass is 135 g/mol. The zero-order chi connectivity index (χ0) is 6.41. The van der Waals surface area contributed by atoms with E-state index in [0.29, 0.717) is 6.54 Å². The van der Waals surface area contributed by atoms with Crippen LogP contribution in [0.1, 0.15) is 13.8 Å². The highest BCUT2D eigenvalue weighted by Gasteiger charge is 2.43. The molecule has 1 rings (SSSR count). The van der Waals surface area contributed by atoms with E-state index in [1.165, 1.54) is 0 Å². The number of rotatable bonds is 0. The van der Waals surface area contributed by atoms with E-state index in [1.807, 2.05) is 0 Å². The van der Waals surface area contributed by atoms with Gasteiger partial charge in [-0.2, -0.15) is 0 Å². The van der Waals surface area contributed by atoms with Crippen LogP contribution < -0.4 is 4.72 Å². The fourth-order valence-electron chi connectivity index (χ4n) is 0.479. The van der Waals surface area contributed by atoms with E-state index in [4.69, 9.17) is 0 Å². The Kier molecular flexibility index (Phi) is 0.941. The van der Waals surface area contributed by atoms with E-state index in [2.05, 4.69) is 4.72 Å². The first-order valence-corrected chi connectivity index (χ1v) is 3.93. The van der Waals surface area contributed by atoms with Crippen molar-refractivity contribution < 1.29 is 8.42 Å². The van der Waals surface area contributed by atoms with Crippen LogP contribution in [0.4, 0.5) is 0 Å². The average Bonchev–Trinajstić information content (AvgIpc) is 1.64. The molecule has 0 aromatic rings. The molecule has 0 unspecified atom stereocenters. The third-order valence-electron chi connectivity index (χ3n) is 1.42. The molecule has 0 spiro atoms. The molecule has 4 heteroatoms. The van der Waals surface area contributed by atoms with Gasteiger partial charge in [-0.05, 0) is 13.8 Å². The smallest absolute Gasteiger partial charge is 0.213 e. The van der Waals surface area contributed by atoms with Gasteiger partial charge in [-0.3, -0.25) is 0 Å². The summed E-state index contributed by atoms with van der Waals surface area (Å²) in [4.78, 5) is 0. The topological polar surface area (TPSA) is 46.2 Å². The average molecular weight is 135 g/mol. The van der Waals surface area contributed by atoms with Gasteiger partial charge in [0.15, 0.2) is 0 Å². The Morgan fingerprint density at radius 1 is 1.50 bits per heavy atom. The van der Waals surface area contributed by atoms with E-state index in [-0.39, 0.29) is 0 Å². The van der Waals surface area contributed by atoms with Crippen molar-refractivity contribution in [2.45, 2.75) is 18.6 Å². The second kappa shape index (κ2) is 1.25. The predicted octanol–water partition coefficient (Wildman–Crippen LogP) is -0.302. The largest absolute Gasteiger partial charge is 0.218 e. The van der Waals surface area contributed by atoms with Crippen molar-refractivity contribution in [2.75, 3.05) is 6.54 Å². The Hall–Kier alpha value is -0.0900. The maximum atomic E-state index is 10.6. The molecular weight excluding hydrogens is 126 g/mol. The molecule has 1 heterocycles. The van der Waals surface area contributed by atoms with E-state index in [9.17, 15) is 8.42 Å². The Morgan fingerprint density at radius 2 is 1.88 bits per heavy atom. The third-order valence-corrected chi connectivity index (χ3v) is 3.54. The van der Waals surface area contributed by atoms with Gasteiger partial charge in [-0.25, -0.2) is 13.1 Å². The maximum absolute atomic E-state index is 10.6. The number of hydrogen-bond donors (Lipinski definition) is 1. The molecule has 1 fully saturated rings. The predicted molar refractivity (Wildman–Crippen MR) is 31.0 cm³/mol. The van der Waals surface area contributed by atoms with Crippen LogP contribution in [0.3, 0.4) is 0 Å². The Labute approximate surface area is 49.1 Å². The first-order valence-electron chi connectivity index (χ1n) is 2.45. The van der Waals surface area contributed by atoms with E-state index in [0.717, 1.165) is 0 Å². The lowest BCUT2D eigenvalue weighted by Crippen LogP contribution is -2.59. The van der Waals surface area contributed by atoms with Gasteiger partial charge < -0.3 is 0 Å². The van der Waals surface area contributed by atoms with Gasteiger partial charge >= 0.3 is 0 Å². The standard InChI is InChI=1S/C4H9NO2S/c1-4(2)3-5-8(4,6)7/h5H,3H2,1-2H3. The molecule has 0 radical (unpaired) electrons. The number of nitrogens with one attached hydrogen (secondary N) is 1. The molecule has 0 amide bonds. The Bertz CT molecular complexity index is 192. The molecule has 1 saturated heterocycles. The van der Waals surface area contributed by atoms with Crippen LogP contribution in [0.5, 0.6) is 0 Å². The number of sulfonamides is 1. The van der Waals surface area contributed by atoms with Crippen molar-refractivity contribution in [2.24, 2.45) is 0 Å². The van der Waals surface area contributed by atoms with Crippen LogP contribution in [-0.2, 0) is 10.0 Å². The minimum absolute atomic E-state index is 0.521. The van der Waals surface area contributed by atoms with Crippen molar-refractivity contribution in [3.05, 3.63) is 0 Å². The molecule has 1 aliphatic heterocycles. The fourth-order valence-corrected chi connectivity index (χ4v) is 1.44. The summed E-state index contributed by atoms with van der Waals surface area (Å²) in [6, 6.07) is 0. The highest BCUT2D eigenvalue weighted by atomic mass is 32.2. The van der Waals surface area contributed by atoms with Crippen LogP contribution in [-0.4, -0.2) is 19.7 Å². The van der Waals surface area contributed by atoms with Gasteiger partial charge in [0.25, 0.3) is 0 Å². The zero-order valence-electron chi connectivity index (χ0n) is 4.93. The summed E-state index contributed by atoms with van der Waals surface area (Å²) < 4.78 is 23.1. The lowest BCUT2D eigenvalue weighted by Gasteiger charge is -2.34. The van der Waals surface area contributed by atoms with Gasteiger partial charge in [-0.15, -0.1) is 0 Å². The Balaban J connectivity index is 2.95. The number of hydrogen-bond acceptors (Lipinski definition) is 2. The minimum atomic E-state index is -2.91. The molecule has 0 bridgehead atoms. The van der Waals surface area contributed by atoms with Crippen molar-refractivity contribution in [3.8, 4) is 0 Å². The molecule has 0 saturated carbocycles. The molecule has 8 heavy (non-hydrogen) atoms. The summed E-state index contributed by atoms with van der Waals surface area (Å²) in [6.45, 7) is 3.99. The van der Waals surface area contributed by atoms with Crippen LogP contribution in [0.2, 0.25) is 0 Å². The lowest BCUT2D eigenvalue weighted by atomic mass is 10.2. The SMILES string of the molecule is CC1(C)CNS1(=O)=O. The van der Waals surface area contributed by atoms with Gasteiger partial charge in [0, 0.05) is 6.54 Å². The van der Waals surface area contributed by atoms with Gasteiger partial charge in [0.05, 0.1) is 4.75 Å². The second-order valence-corrected chi connectivity index (χ2v) is 4.98. The normalized spacial score (nSPS) is 31.2. The van der Waals surface area contributed by atoms with Crippen LogP contribution in [0, 0.1) is 0 Å². The van der Waals surface area contributed by atoms with Crippen LogP contribution in [0.15, 0.2) is 0 Å². The molecule has 0 atom stereocenters. The summed E-state index contributed by atoms with van der Waals surface area (Å²) in [6.07, 6.45) is 0. The molecule has 0 aromatic heterocycles. The lowest BCUT2D eigenvalue weighted by molar-refractivity contribution is 0.481. The van der Waals surface area contributed by atoms with E-state index >= 15 is 0 Å². The summed E-state index contributed by atoms with van der Waals surface area (Å²) in [5, 5.41) is 0. The van der Waals surface area contributed by atoms with Crippen molar-refractivity contribution in [3.63, 3.8) is 0 Å². The molecule has 3 nitrogen and oxygen atoms in total. The Morgan fingerprint density at radius 3 is 1.88 bits per heavy atom. The van der Waals surface area contributed by atoms with Gasteiger partial charge in [-0.1, -0.05) is 0 Å². The first kappa shape index (κ1) is 6.04. The summed E-state index contributed by atoms with van der Waals surface area (Å²) in [5.41, 5.74) is 0. The van der Waals surface area contributed by atoms with Gasteiger partial charge in [0.2, 0.25) is 10.0 Å². The highest BCUT2D eigenvalue weighted by molar-refractivity contribution is 7.92. The summed E-state index contributed by atoms with van der Waals surface area (Å²) in [7, 11) is -2.91. The quantitative estimate of drug-likeness (QED) is 0.495.